The van der Waals surface area contributed by atoms with Gasteiger partial charge in [-0.15, -0.1) is 0 Å². The summed E-state index contributed by atoms with van der Waals surface area (Å²) in [5.41, 5.74) is 0. The molecule has 1 unspecified atom stereocenters. The maximum Gasteiger partial charge on any atom is 0.0451 e. The second-order valence-corrected chi connectivity index (χ2v) is 3.05. The Morgan fingerprint density at radius 3 is 2.45 bits per heavy atom. The highest BCUT2D eigenvalue weighted by Crippen LogP contribution is 2.08. The van der Waals surface area contributed by atoms with Crippen LogP contribution in [0.1, 0.15) is 33.1 Å². The molecule has 0 aliphatic carbocycles. The van der Waals surface area contributed by atoms with Gasteiger partial charge in [0.2, 0.25) is 0 Å². The molecule has 0 fully saturated rings. The average molecular weight is 158 g/mol. The normalized spacial score (nSPS) is 13.4. The fourth-order valence-corrected chi connectivity index (χ4v) is 1.26. The van der Waals surface area contributed by atoms with Crippen LogP contribution in [-0.2, 0) is 0 Å². The molecule has 2 heteroatoms. The highest BCUT2D eigenvalue weighted by molar-refractivity contribution is 4.58. The molecule has 11 heavy (non-hydrogen) atoms. The van der Waals surface area contributed by atoms with Crippen molar-refractivity contribution >= 4 is 0 Å². The van der Waals surface area contributed by atoms with Gasteiger partial charge in [0.25, 0.3) is 0 Å². The molecule has 0 rings (SSSR count). The third-order valence-corrected chi connectivity index (χ3v) is 2.01. The summed E-state index contributed by atoms with van der Waals surface area (Å²) in [5, 5.41) is 6.44. The van der Waals surface area contributed by atoms with E-state index in [-0.39, 0.29) is 0 Å². The molecule has 68 valence electrons. The zero-order valence-corrected chi connectivity index (χ0v) is 8.11. The van der Waals surface area contributed by atoms with Crippen LogP contribution in [0.25, 0.3) is 0 Å². The van der Waals surface area contributed by atoms with Gasteiger partial charge in [-0.1, -0.05) is 26.7 Å². The van der Waals surface area contributed by atoms with E-state index in [4.69, 9.17) is 0 Å². The average Bonchev–Trinajstić information content (AvgIpc) is 2.03. The quantitative estimate of drug-likeness (QED) is 0.434. The summed E-state index contributed by atoms with van der Waals surface area (Å²) in [7, 11) is 1.97. The van der Waals surface area contributed by atoms with Crippen molar-refractivity contribution in [2.45, 2.75) is 33.1 Å². The van der Waals surface area contributed by atoms with Crippen LogP contribution >= 0.6 is 0 Å². The van der Waals surface area contributed by atoms with Crippen LogP contribution in [-0.4, -0.2) is 20.3 Å². The molecule has 0 aromatic carbocycles. The lowest BCUT2D eigenvalue weighted by atomic mass is 10.0. The van der Waals surface area contributed by atoms with Gasteiger partial charge in [0.05, 0.1) is 0 Å². The number of nitrogens with one attached hydrogen (secondary N) is 2. The smallest absolute Gasteiger partial charge is 0.0451 e. The highest BCUT2D eigenvalue weighted by Gasteiger charge is 2.02. The minimum absolute atomic E-state index is 0.869. The second-order valence-electron chi connectivity index (χ2n) is 3.05. The summed E-state index contributed by atoms with van der Waals surface area (Å²) in [6.07, 6.45) is 3.96. The van der Waals surface area contributed by atoms with E-state index < -0.39 is 0 Å². The summed E-state index contributed by atoms with van der Waals surface area (Å²) in [5.74, 6) is 0.869. The SMILES string of the molecule is CCCC(CC)CNCNC. The summed E-state index contributed by atoms with van der Waals surface area (Å²) in [6.45, 7) is 6.60. The van der Waals surface area contributed by atoms with Crippen molar-refractivity contribution in [2.24, 2.45) is 5.92 Å². The highest BCUT2D eigenvalue weighted by atomic mass is 15.0. The van der Waals surface area contributed by atoms with Crippen molar-refractivity contribution in [1.29, 1.82) is 0 Å². The van der Waals surface area contributed by atoms with E-state index >= 15 is 0 Å². The Labute approximate surface area is 70.8 Å². The van der Waals surface area contributed by atoms with Crippen LogP contribution in [0.2, 0.25) is 0 Å². The van der Waals surface area contributed by atoms with Crippen molar-refractivity contribution < 1.29 is 0 Å². The van der Waals surface area contributed by atoms with Crippen LogP contribution < -0.4 is 10.6 Å². The van der Waals surface area contributed by atoms with Gasteiger partial charge in [0, 0.05) is 6.67 Å². The molecule has 0 saturated carbocycles. The van der Waals surface area contributed by atoms with Gasteiger partial charge >= 0.3 is 0 Å². The molecule has 0 radical (unpaired) electrons. The second kappa shape index (κ2) is 8.02. The molecule has 1 atom stereocenters. The summed E-state index contributed by atoms with van der Waals surface area (Å²) < 4.78 is 0. The van der Waals surface area contributed by atoms with Crippen molar-refractivity contribution in [3.05, 3.63) is 0 Å². The van der Waals surface area contributed by atoms with Gasteiger partial charge in [0.15, 0.2) is 0 Å². The molecular formula is C9H22N2. The fourth-order valence-electron chi connectivity index (χ4n) is 1.26. The third-order valence-electron chi connectivity index (χ3n) is 2.01. The summed E-state index contributed by atoms with van der Waals surface area (Å²) in [4.78, 5) is 0. The van der Waals surface area contributed by atoms with Crippen LogP contribution in [0.4, 0.5) is 0 Å². The molecule has 0 aromatic heterocycles. The molecule has 0 aliphatic heterocycles. The lowest BCUT2D eigenvalue weighted by Gasteiger charge is -2.13. The van der Waals surface area contributed by atoms with E-state index in [9.17, 15) is 0 Å². The van der Waals surface area contributed by atoms with Gasteiger partial charge in [-0.3, -0.25) is 0 Å². The summed E-state index contributed by atoms with van der Waals surface area (Å²) >= 11 is 0. The third kappa shape index (κ3) is 6.32. The Morgan fingerprint density at radius 2 is 2.00 bits per heavy atom. The number of rotatable bonds is 7. The fraction of sp³-hybridized carbons (Fsp3) is 1.00. The Balaban J connectivity index is 3.20. The number of hydrogen-bond donors (Lipinski definition) is 2. The standard InChI is InChI=1S/C9H22N2/c1-4-6-9(5-2)7-11-8-10-3/h9-11H,4-8H2,1-3H3. The number of hydrogen-bond acceptors (Lipinski definition) is 2. The van der Waals surface area contributed by atoms with Gasteiger partial charge in [-0.25, -0.2) is 0 Å². The van der Waals surface area contributed by atoms with Crippen LogP contribution in [0.5, 0.6) is 0 Å². The summed E-state index contributed by atoms with van der Waals surface area (Å²) in [6, 6.07) is 0. The molecule has 0 spiro atoms. The van der Waals surface area contributed by atoms with Gasteiger partial charge in [-0.05, 0) is 25.9 Å². The zero-order valence-electron chi connectivity index (χ0n) is 8.11. The maximum atomic E-state index is 3.36. The topological polar surface area (TPSA) is 24.1 Å². The maximum absolute atomic E-state index is 3.36. The largest absolute Gasteiger partial charge is 0.308 e. The van der Waals surface area contributed by atoms with E-state index in [2.05, 4.69) is 24.5 Å². The first-order valence-corrected chi connectivity index (χ1v) is 4.70. The molecule has 0 aliphatic rings. The molecule has 0 saturated heterocycles. The van der Waals surface area contributed by atoms with Crippen LogP contribution in [0.3, 0.4) is 0 Å². The van der Waals surface area contributed by atoms with E-state index in [1.54, 1.807) is 0 Å². The van der Waals surface area contributed by atoms with Crippen molar-refractivity contribution in [1.82, 2.24) is 10.6 Å². The van der Waals surface area contributed by atoms with E-state index in [0.717, 1.165) is 19.1 Å². The Hall–Kier alpha value is -0.0800. The minimum Gasteiger partial charge on any atom is -0.308 e. The Morgan fingerprint density at radius 1 is 1.27 bits per heavy atom. The van der Waals surface area contributed by atoms with E-state index in [1.165, 1.54) is 19.3 Å². The molecule has 0 aromatic rings. The van der Waals surface area contributed by atoms with Crippen LogP contribution in [0.15, 0.2) is 0 Å². The van der Waals surface area contributed by atoms with Gasteiger partial charge in [0.1, 0.15) is 0 Å². The van der Waals surface area contributed by atoms with Crippen molar-refractivity contribution in [2.75, 3.05) is 20.3 Å². The van der Waals surface area contributed by atoms with Gasteiger partial charge in [-0.2, -0.15) is 0 Å². The first-order valence-electron chi connectivity index (χ1n) is 4.70. The zero-order chi connectivity index (χ0) is 8.53. The Kier molecular flexibility index (Phi) is 7.96. The van der Waals surface area contributed by atoms with Gasteiger partial charge < -0.3 is 10.6 Å². The van der Waals surface area contributed by atoms with Crippen LogP contribution in [0, 0.1) is 5.92 Å². The molecule has 0 heterocycles. The first-order chi connectivity index (χ1) is 5.35. The van der Waals surface area contributed by atoms with Crippen molar-refractivity contribution in [3.63, 3.8) is 0 Å². The monoisotopic (exact) mass is 158 g/mol. The molecular weight excluding hydrogens is 136 g/mol. The molecule has 2 nitrogen and oxygen atoms in total. The predicted octanol–water partition coefficient (Wildman–Crippen LogP) is 1.58. The lowest BCUT2D eigenvalue weighted by molar-refractivity contribution is 0.424. The predicted molar refractivity (Wildman–Crippen MR) is 50.6 cm³/mol. The molecule has 0 bridgehead atoms. The van der Waals surface area contributed by atoms with Crippen molar-refractivity contribution in [3.8, 4) is 0 Å². The molecule has 0 amide bonds. The Bertz CT molecular complexity index is 74.0. The molecule has 2 N–H and O–H groups in total. The minimum atomic E-state index is 0.869. The first kappa shape index (κ1) is 10.9. The lowest BCUT2D eigenvalue weighted by Crippen LogP contribution is -2.30. The van der Waals surface area contributed by atoms with E-state index in [1.807, 2.05) is 7.05 Å². The van der Waals surface area contributed by atoms with E-state index in [0.29, 0.717) is 0 Å².